The lowest BCUT2D eigenvalue weighted by Gasteiger charge is -2.19. The number of aliphatic hydroxyl groups is 1. The third-order valence-corrected chi connectivity index (χ3v) is 3.39. The molecule has 2 rings (SSSR count). The first-order valence-electron chi connectivity index (χ1n) is 6.44. The molecule has 1 aliphatic rings. The summed E-state index contributed by atoms with van der Waals surface area (Å²) >= 11 is 0. The fraction of sp³-hybridized carbons (Fsp3) is 0.615. The van der Waals surface area contributed by atoms with Crippen molar-refractivity contribution in [3.63, 3.8) is 0 Å². The van der Waals surface area contributed by atoms with E-state index in [-0.39, 0.29) is 6.10 Å². The zero-order valence-corrected chi connectivity index (χ0v) is 11.0. The molecule has 1 aromatic heterocycles. The predicted molar refractivity (Wildman–Crippen MR) is 71.8 cm³/mol. The standard InChI is InChI=1S/C13H21N3O2/c1-3-18-13-11(14)4-5-12(15-13)16-7-6-10(8-16)9(2)17/h4-5,9-10,17H,3,6-8,14H2,1-2H3. The van der Waals surface area contributed by atoms with E-state index in [1.54, 1.807) is 0 Å². The first-order chi connectivity index (χ1) is 8.61. The zero-order chi connectivity index (χ0) is 13.1. The van der Waals surface area contributed by atoms with Crippen LogP contribution in [-0.2, 0) is 0 Å². The maximum absolute atomic E-state index is 9.61. The normalized spacial score (nSPS) is 21.1. The van der Waals surface area contributed by atoms with E-state index >= 15 is 0 Å². The number of nitrogens with two attached hydrogens (primary N) is 1. The zero-order valence-electron chi connectivity index (χ0n) is 11.0. The van der Waals surface area contributed by atoms with Gasteiger partial charge < -0.3 is 20.5 Å². The summed E-state index contributed by atoms with van der Waals surface area (Å²) in [6, 6.07) is 3.73. The number of nitrogen functional groups attached to an aromatic ring is 1. The Bertz CT molecular complexity index is 409. The highest BCUT2D eigenvalue weighted by molar-refractivity contribution is 5.54. The molecule has 5 nitrogen and oxygen atoms in total. The summed E-state index contributed by atoms with van der Waals surface area (Å²) in [7, 11) is 0. The van der Waals surface area contributed by atoms with Gasteiger partial charge in [-0.2, -0.15) is 4.98 Å². The highest BCUT2D eigenvalue weighted by Crippen LogP contribution is 2.28. The summed E-state index contributed by atoms with van der Waals surface area (Å²) in [6.45, 7) is 6.05. The van der Waals surface area contributed by atoms with Crippen molar-refractivity contribution < 1.29 is 9.84 Å². The SMILES string of the molecule is CCOc1nc(N2CCC(C(C)O)C2)ccc1N. The minimum Gasteiger partial charge on any atom is -0.476 e. The molecule has 100 valence electrons. The van der Waals surface area contributed by atoms with Gasteiger partial charge in [-0.25, -0.2) is 0 Å². The maximum Gasteiger partial charge on any atom is 0.239 e. The molecule has 18 heavy (non-hydrogen) atoms. The number of hydrogen-bond donors (Lipinski definition) is 2. The minimum absolute atomic E-state index is 0.268. The molecule has 0 aliphatic carbocycles. The van der Waals surface area contributed by atoms with E-state index in [0.717, 1.165) is 25.3 Å². The molecule has 0 aromatic carbocycles. The molecule has 1 aliphatic heterocycles. The fourth-order valence-corrected chi connectivity index (χ4v) is 2.26. The first kappa shape index (κ1) is 13.0. The Hall–Kier alpha value is -1.49. The van der Waals surface area contributed by atoms with Gasteiger partial charge in [0.15, 0.2) is 0 Å². The van der Waals surface area contributed by atoms with Crippen LogP contribution in [0.5, 0.6) is 5.88 Å². The summed E-state index contributed by atoms with van der Waals surface area (Å²) in [5.74, 6) is 1.69. The number of anilines is 2. The van der Waals surface area contributed by atoms with Crippen LogP contribution in [0.15, 0.2) is 12.1 Å². The second-order valence-corrected chi connectivity index (χ2v) is 4.73. The number of nitrogens with zero attached hydrogens (tertiary/aromatic N) is 2. The van der Waals surface area contributed by atoms with E-state index in [9.17, 15) is 5.11 Å². The molecular formula is C13H21N3O2. The van der Waals surface area contributed by atoms with Gasteiger partial charge in [0.05, 0.1) is 18.4 Å². The molecule has 0 saturated carbocycles. The monoisotopic (exact) mass is 251 g/mol. The smallest absolute Gasteiger partial charge is 0.239 e. The van der Waals surface area contributed by atoms with Crippen molar-refractivity contribution >= 4 is 11.5 Å². The average Bonchev–Trinajstić information content (AvgIpc) is 2.82. The molecule has 3 N–H and O–H groups in total. The molecule has 0 bridgehead atoms. The lowest BCUT2D eigenvalue weighted by molar-refractivity contribution is 0.136. The molecule has 0 radical (unpaired) electrons. The van der Waals surface area contributed by atoms with E-state index in [2.05, 4.69) is 9.88 Å². The lowest BCUT2D eigenvalue weighted by Crippen LogP contribution is -2.24. The van der Waals surface area contributed by atoms with Crippen LogP contribution in [-0.4, -0.2) is 35.9 Å². The Balaban J connectivity index is 2.12. The summed E-state index contributed by atoms with van der Waals surface area (Å²) in [6.07, 6.45) is 0.725. The van der Waals surface area contributed by atoms with Crippen molar-refractivity contribution in [1.29, 1.82) is 0 Å². The molecule has 1 fully saturated rings. The van der Waals surface area contributed by atoms with E-state index in [1.807, 2.05) is 26.0 Å². The van der Waals surface area contributed by atoms with Gasteiger partial charge in [-0.1, -0.05) is 0 Å². The Morgan fingerprint density at radius 2 is 2.39 bits per heavy atom. The van der Waals surface area contributed by atoms with Crippen molar-refractivity contribution in [2.45, 2.75) is 26.4 Å². The summed E-state index contributed by atoms with van der Waals surface area (Å²) in [5.41, 5.74) is 6.37. The minimum atomic E-state index is -0.268. The van der Waals surface area contributed by atoms with E-state index in [1.165, 1.54) is 0 Å². The van der Waals surface area contributed by atoms with Crippen LogP contribution < -0.4 is 15.4 Å². The topological polar surface area (TPSA) is 71.6 Å². The first-order valence-corrected chi connectivity index (χ1v) is 6.44. The maximum atomic E-state index is 9.61. The molecule has 0 amide bonds. The van der Waals surface area contributed by atoms with Crippen molar-refractivity contribution in [2.24, 2.45) is 5.92 Å². The molecule has 2 atom stereocenters. The van der Waals surface area contributed by atoms with Crippen molar-refractivity contribution in [3.8, 4) is 5.88 Å². The van der Waals surface area contributed by atoms with Gasteiger partial charge in [0.1, 0.15) is 5.82 Å². The Morgan fingerprint density at radius 1 is 1.61 bits per heavy atom. The molecule has 1 aromatic rings. The van der Waals surface area contributed by atoms with Gasteiger partial charge in [0, 0.05) is 19.0 Å². The van der Waals surface area contributed by atoms with Gasteiger partial charge >= 0.3 is 0 Å². The van der Waals surface area contributed by atoms with Crippen LogP contribution in [0.2, 0.25) is 0 Å². The lowest BCUT2D eigenvalue weighted by atomic mass is 10.0. The van der Waals surface area contributed by atoms with Gasteiger partial charge in [0.2, 0.25) is 5.88 Å². The fourth-order valence-electron chi connectivity index (χ4n) is 2.26. The Morgan fingerprint density at radius 3 is 3.00 bits per heavy atom. The molecule has 1 saturated heterocycles. The van der Waals surface area contributed by atoms with Crippen molar-refractivity contribution in [2.75, 3.05) is 30.3 Å². The summed E-state index contributed by atoms with van der Waals surface area (Å²) in [5, 5.41) is 9.61. The molecule has 0 spiro atoms. The highest BCUT2D eigenvalue weighted by atomic mass is 16.5. The molecule has 5 heteroatoms. The molecule has 2 unspecified atom stereocenters. The number of pyridine rings is 1. The highest BCUT2D eigenvalue weighted by Gasteiger charge is 2.27. The number of ether oxygens (including phenoxy) is 1. The Kier molecular flexibility index (Phi) is 3.91. The number of rotatable bonds is 4. The average molecular weight is 251 g/mol. The van der Waals surface area contributed by atoms with Gasteiger partial charge in [0.25, 0.3) is 0 Å². The second kappa shape index (κ2) is 5.44. The van der Waals surface area contributed by atoms with Gasteiger partial charge in [-0.05, 0) is 32.4 Å². The quantitative estimate of drug-likeness (QED) is 0.843. The van der Waals surface area contributed by atoms with E-state index < -0.39 is 0 Å². The third-order valence-electron chi connectivity index (χ3n) is 3.39. The van der Waals surface area contributed by atoms with Gasteiger partial charge in [-0.15, -0.1) is 0 Å². The number of hydrogen-bond acceptors (Lipinski definition) is 5. The number of aliphatic hydroxyl groups excluding tert-OH is 1. The molecule has 2 heterocycles. The van der Waals surface area contributed by atoms with Crippen LogP contribution >= 0.6 is 0 Å². The van der Waals surface area contributed by atoms with E-state index in [4.69, 9.17) is 10.5 Å². The van der Waals surface area contributed by atoms with Crippen LogP contribution in [0.25, 0.3) is 0 Å². The third kappa shape index (κ3) is 2.67. The summed E-state index contributed by atoms with van der Waals surface area (Å²) in [4.78, 5) is 6.60. The summed E-state index contributed by atoms with van der Waals surface area (Å²) < 4.78 is 5.40. The van der Waals surface area contributed by atoms with E-state index in [0.29, 0.717) is 24.1 Å². The van der Waals surface area contributed by atoms with Crippen LogP contribution in [0.4, 0.5) is 11.5 Å². The van der Waals surface area contributed by atoms with Crippen molar-refractivity contribution in [1.82, 2.24) is 4.98 Å². The number of aromatic nitrogens is 1. The second-order valence-electron chi connectivity index (χ2n) is 4.73. The molecular weight excluding hydrogens is 230 g/mol. The van der Waals surface area contributed by atoms with Gasteiger partial charge in [-0.3, -0.25) is 0 Å². The van der Waals surface area contributed by atoms with Crippen LogP contribution in [0, 0.1) is 5.92 Å². The largest absolute Gasteiger partial charge is 0.476 e. The Labute approximate surface area is 108 Å². The van der Waals surface area contributed by atoms with Crippen LogP contribution in [0.1, 0.15) is 20.3 Å². The van der Waals surface area contributed by atoms with Crippen LogP contribution in [0.3, 0.4) is 0 Å². The van der Waals surface area contributed by atoms with Crippen molar-refractivity contribution in [3.05, 3.63) is 12.1 Å². The predicted octanol–water partition coefficient (Wildman–Crippen LogP) is 1.27.